The lowest BCUT2D eigenvalue weighted by Crippen LogP contribution is -2.01. The molecule has 0 fully saturated rings. The Balaban J connectivity index is 2.02. The molecule has 0 aliphatic rings. The van der Waals surface area contributed by atoms with E-state index in [1.54, 1.807) is 24.5 Å². The Morgan fingerprint density at radius 2 is 2.24 bits per heavy atom. The van der Waals surface area contributed by atoms with E-state index in [4.69, 9.17) is 0 Å². The van der Waals surface area contributed by atoms with Crippen molar-refractivity contribution in [3.63, 3.8) is 0 Å². The molecule has 2 heterocycles. The monoisotopic (exact) mass is 283 g/mol. The first-order valence-electron chi connectivity index (χ1n) is 6.41. The predicted molar refractivity (Wildman–Crippen MR) is 79.0 cm³/mol. The summed E-state index contributed by atoms with van der Waals surface area (Å²) in [5.74, 6) is 0. The quantitative estimate of drug-likeness (QED) is 0.567. The molecule has 0 spiro atoms. The van der Waals surface area contributed by atoms with Crippen molar-refractivity contribution in [1.29, 1.82) is 0 Å². The molecule has 0 atom stereocenters. The molecule has 2 N–H and O–H groups in total. The normalized spacial score (nSPS) is 10.7. The van der Waals surface area contributed by atoms with Gasteiger partial charge in [0.05, 0.1) is 16.6 Å². The molecule has 0 saturated heterocycles. The molecule has 0 saturated carbocycles. The fourth-order valence-electron chi connectivity index (χ4n) is 2.18. The Labute approximate surface area is 120 Å². The maximum absolute atomic E-state index is 10.9. The maximum atomic E-state index is 10.9. The van der Waals surface area contributed by atoms with Crippen LogP contribution in [0.3, 0.4) is 0 Å². The van der Waals surface area contributed by atoms with Crippen molar-refractivity contribution in [2.75, 3.05) is 5.32 Å². The van der Waals surface area contributed by atoms with Gasteiger partial charge in [0.15, 0.2) is 0 Å². The Morgan fingerprint density at radius 3 is 2.95 bits per heavy atom. The molecule has 0 bridgehead atoms. The van der Waals surface area contributed by atoms with Crippen LogP contribution in [-0.2, 0) is 6.54 Å². The molecular weight excluding hydrogens is 270 g/mol. The van der Waals surface area contributed by atoms with Crippen molar-refractivity contribution in [1.82, 2.24) is 15.2 Å². The Bertz CT molecular complexity index is 798. The second-order valence-corrected chi connectivity index (χ2v) is 4.73. The van der Waals surface area contributed by atoms with Crippen LogP contribution in [0.25, 0.3) is 10.9 Å². The summed E-state index contributed by atoms with van der Waals surface area (Å²) in [5, 5.41) is 21.6. The molecule has 21 heavy (non-hydrogen) atoms. The number of hydrogen-bond donors (Lipinski definition) is 2. The maximum Gasteiger partial charge on any atom is 0.270 e. The minimum Gasteiger partial charge on any atom is -0.380 e. The van der Waals surface area contributed by atoms with Crippen molar-refractivity contribution in [2.45, 2.75) is 13.5 Å². The van der Waals surface area contributed by atoms with E-state index in [0.717, 1.165) is 27.8 Å². The van der Waals surface area contributed by atoms with Gasteiger partial charge in [0.25, 0.3) is 5.69 Å². The molecule has 3 rings (SSSR count). The van der Waals surface area contributed by atoms with Crippen molar-refractivity contribution in [3.8, 4) is 0 Å². The van der Waals surface area contributed by atoms with E-state index < -0.39 is 4.92 Å². The molecule has 0 amide bonds. The molecule has 7 heteroatoms. The van der Waals surface area contributed by atoms with E-state index >= 15 is 0 Å². The van der Waals surface area contributed by atoms with Gasteiger partial charge in [-0.25, -0.2) is 0 Å². The molecule has 1 aromatic carbocycles. The third-order valence-electron chi connectivity index (χ3n) is 3.17. The summed E-state index contributed by atoms with van der Waals surface area (Å²) in [6.07, 6.45) is 3.53. The summed E-state index contributed by atoms with van der Waals surface area (Å²) in [6, 6.07) is 6.56. The first-order valence-corrected chi connectivity index (χ1v) is 6.41. The number of anilines is 1. The summed E-state index contributed by atoms with van der Waals surface area (Å²) in [6.45, 7) is 2.47. The lowest BCUT2D eigenvalue weighted by Gasteiger charge is -2.10. The average molecular weight is 283 g/mol. The van der Waals surface area contributed by atoms with Crippen LogP contribution in [0.1, 0.15) is 11.3 Å². The second kappa shape index (κ2) is 5.20. The fourth-order valence-corrected chi connectivity index (χ4v) is 2.18. The van der Waals surface area contributed by atoms with Crippen LogP contribution in [0.2, 0.25) is 0 Å². The Kier molecular flexibility index (Phi) is 3.23. The highest BCUT2D eigenvalue weighted by molar-refractivity contribution is 5.93. The lowest BCUT2D eigenvalue weighted by molar-refractivity contribution is -0.384. The number of nitrogens with zero attached hydrogens (tertiary/aromatic N) is 3. The molecule has 0 aliphatic carbocycles. The van der Waals surface area contributed by atoms with Crippen LogP contribution in [-0.4, -0.2) is 20.1 Å². The Morgan fingerprint density at radius 1 is 1.38 bits per heavy atom. The van der Waals surface area contributed by atoms with Crippen LogP contribution >= 0.6 is 0 Å². The zero-order valence-electron chi connectivity index (χ0n) is 11.3. The van der Waals surface area contributed by atoms with Crippen LogP contribution in [0.4, 0.5) is 11.4 Å². The van der Waals surface area contributed by atoms with Gasteiger partial charge in [0, 0.05) is 47.2 Å². The Hall–Kier alpha value is -2.96. The number of nitrogens with one attached hydrogen (secondary N) is 2. The van der Waals surface area contributed by atoms with Crippen LogP contribution in [0.5, 0.6) is 0 Å². The fraction of sp³-hybridized carbons (Fsp3) is 0.143. The lowest BCUT2D eigenvalue weighted by atomic mass is 10.1. The standard InChI is InChI=1S/C14H13N5O2/c1-9-4-14(15-6-10-7-16-17-8-10)12-5-11(19(20)21)2-3-13(12)18-9/h2-5,7-8H,6H2,1H3,(H,15,18)(H,16,17). The largest absolute Gasteiger partial charge is 0.380 e. The topological polar surface area (TPSA) is 96.7 Å². The number of hydrogen-bond acceptors (Lipinski definition) is 5. The van der Waals surface area contributed by atoms with E-state index in [1.165, 1.54) is 6.07 Å². The van der Waals surface area contributed by atoms with Crippen molar-refractivity contribution >= 4 is 22.3 Å². The van der Waals surface area contributed by atoms with Gasteiger partial charge in [-0.3, -0.25) is 20.2 Å². The average Bonchev–Trinajstić information content (AvgIpc) is 2.97. The summed E-state index contributed by atoms with van der Waals surface area (Å²) in [4.78, 5) is 14.9. The number of H-pyrrole nitrogens is 1. The number of nitro benzene ring substituents is 1. The number of nitro groups is 1. The summed E-state index contributed by atoms with van der Waals surface area (Å²) >= 11 is 0. The van der Waals surface area contributed by atoms with E-state index in [0.29, 0.717) is 6.54 Å². The smallest absolute Gasteiger partial charge is 0.270 e. The number of non-ortho nitro benzene ring substituents is 1. The highest BCUT2D eigenvalue weighted by Crippen LogP contribution is 2.27. The number of aromatic nitrogens is 3. The minimum absolute atomic E-state index is 0.0551. The van der Waals surface area contributed by atoms with Crippen molar-refractivity contribution < 1.29 is 4.92 Å². The van der Waals surface area contributed by atoms with E-state index in [2.05, 4.69) is 20.5 Å². The first kappa shape index (κ1) is 13.0. The number of pyridine rings is 1. The summed E-state index contributed by atoms with van der Waals surface area (Å²) < 4.78 is 0. The zero-order valence-corrected chi connectivity index (χ0v) is 11.3. The van der Waals surface area contributed by atoms with E-state index in [-0.39, 0.29) is 5.69 Å². The molecule has 3 aromatic rings. The molecule has 106 valence electrons. The third-order valence-corrected chi connectivity index (χ3v) is 3.17. The highest BCUT2D eigenvalue weighted by Gasteiger charge is 2.10. The molecule has 0 unspecified atom stereocenters. The van der Waals surface area contributed by atoms with Gasteiger partial charge in [-0.1, -0.05) is 0 Å². The first-order chi connectivity index (χ1) is 10.1. The molecule has 0 radical (unpaired) electrons. The number of rotatable bonds is 4. The van der Waals surface area contributed by atoms with Gasteiger partial charge in [-0.05, 0) is 19.1 Å². The minimum atomic E-state index is -0.404. The number of aryl methyl sites for hydroxylation is 1. The summed E-state index contributed by atoms with van der Waals surface area (Å²) in [7, 11) is 0. The second-order valence-electron chi connectivity index (χ2n) is 4.73. The molecule has 0 aliphatic heterocycles. The highest BCUT2D eigenvalue weighted by atomic mass is 16.6. The van der Waals surface area contributed by atoms with Gasteiger partial charge in [-0.2, -0.15) is 5.10 Å². The number of aromatic amines is 1. The number of benzene rings is 1. The van der Waals surface area contributed by atoms with Crippen LogP contribution in [0, 0.1) is 17.0 Å². The van der Waals surface area contributed by atoms with E-state index in [1.807, 2.05) is 13.0 Å². The molecule has 2 aromatic heterocycles. The SMILES string of the molecule is Cc1cc(NCc2cn[nH]c2)c2cc([N+](=O)[O-])ccc2n1. The van der Waals surface area contributed by atoms with Crippen molar-refractivity contribution in [2.24, 2.45) is 0 Å². The van der Waals surface area contributed by atoms with Gasteiger partial charge >= 0.3 is 0 Å². The third kappa shape index (κ3) is 2.66. The summed E-state index contributed by atoms with van der Waals surface area (Å²) in [5.41, 5.74) is 3.46. The van der Waals surface area contributed by atoms with Crippen LogP contribution < -0.4 is 5.32 Å². The number of fused-ring (bicyclic) bond motifs is 1. The molecular formula is C14H13N5O2. The van der Waals surface area contributed by atoms with Crippen LogP contribution in [0.15, 0.2) is 36.7 Å². The zero-order chi connectivity index (χ0) is 14.8. The van der Waals surface area contributed by atoms with Gasteiger partial charge in [0.2, 0.25) is 0 Å². The van der Waals surface area contributed by atoms with E-state index in [9.17, 15) is 10.1 Å². The van der Waals surface area contributed by atoms with Gasteiger partial charge < -0.3 is 5.32 Å². The predicted octanol–water partition coefficient (Wildman–Crippen LogP) is 2.79. The van der Waals surface area contributed by atoms with Gasteiger partial charge in [0.1, 0.15) is 0 Å². The molecule has 7 nitrogen and oxygen atoms in total. The van der Waals surface area contributed by atoms with Gasteiger partial charge in [-0.15, -0.1) is 0 Å². The van der Waals surface area contributed by atoms with Crippen molar-refractivity contribution in [3.05, 3.63) is 58.0 Å².